The van der Waals surface area contributed by atoms with E-state index in [1.54, 1.807) is 24.3 Å². The number of aryl methyl sites for hydroxylation is 1. The van der Waals surface area contributed by atoms with Crippen molar-refractivity contribution in [2.45, 2.75) is 13.1 Å². The molecule has 0 unspecified atom stereocenters. The number of hydrogen-bond acceptors (Lipinski definition) is 3. The van der Waals surface area contributed by atoms with E-state index in [0.29, 0.717) is 10.7 Å². The number of amides is 2. The summed E-state index contributed by atoms with van der Waals surface area (Å²) >= 11 is 6.10. The first-order valence-corrected chi connectivity index (χ1v) is 8.74. The highest BCUT2D eigenvalue weighted by Crippen LogP contribution is 2.34. The maximum Gasteiger partial charge on any atom is 0.416 e. The van der Waals surface area contributed by atoms with E-state index in [4.69, 9.17) is 16.3 Å². The molecule has 0 aliphatic heterocycles. The normalized spacial score (nSPS) is 11.1. The fourth-order valence-corrected chi connectivity index (χ4v) is 2.69. The van der Waals surface area contributed by atoms with Crippen LogP contribution in [0, 0.1) is 6.92 Å². The van der Waals surface area contributed by atoms with Gasteiger partial charge in [0.2, 0.25) is 5.88 Å². The first-order valence-electron chi connectivity index (χ1n) is 8.36. The molecular formula is C20H15ClF3N3O2. The maximum atomic E-state index is 12.9. The monoisotopic (exact) mass is 421 g/mol. The van der Waals surface area contributed by atoms with Crippen LogP contribution in [0.4, 0.5) is 29.3 Å². The first-order chi connectivity index (χ1) is 13.7. The Morgan fingerprint density at radius 1 is 1.03 bits per heavy atom. The lowest BCUT2D eigenvalue weighted by Gasteiger charge is -2.13. The SMILES string of the molecule is Cc1ccc(NC(=O)Nc2cccnc2Oc2cccc(C(F)(F)F)c2)c(Cl)c1. The van der Waals surface area contributed by atoms with Crippen molar-refractivity contribution in [3.8, 4) is 11.6 Å². The molecule has 1 aromatic heterocycles. The third-order valence-corrected chi connectivity index (χ3v) is 4.08. The highest BCUT2D eigenvalue weighted by molar-refractivity contribution is 6.33. The highest BCUT2D eigenvalue weighted by Gasteiger charge is 2.30. The number of rotatable bonds is 4. The number of carbonyl (C=O) groups excluding carboxylic acids is 1. The van der Waals surface area contributed by atoms with Crippen LogP contribution < -0.4 is 15.4 Å². The van der Waals surface area contributed by atoms with E-state index in [1.165, 1.54) is 24.4 Å². The number of urea groups is 1. The van der Waals surface area contributed by atoms with E-state index in [-0.39, 0.29) is 17.3 Å². The molecule has 2 aromatic carbocycles. The van der Waals surface area contributed by atoms with E-state index in [2.05, 4.69) is 15.6 Å². The molecule has 0 bridgehead atoms. The Morgan fingerprint density at radius 3 is 2.52 bits per heavy atom. The molecule has 0 aliphatic rings. The minimum Gasteiger partial charge on any atom is -0.437 e. The molecule has 0 saturated carbocycles. The zero-order valence-electron chi connectivity index (χ0n) is 15.0. The zero-order chi connectivity index (χ0) is 21.0. The standard InChI is InChI=1S/C20H15ClF3N3O2/c1-12-7-8-16(15(21)10-12)26-19(28)27-17-6-3-9-25-18(17)29-14-5-2-4-13(11-14)20(22,23)24/h2-11H,1H3,(H2,26,27,28). The molecule has 0 aliphatic carbocycles. The van der Waals surface area contributed by atoms with Gasteiger partial charge in [-0.25, -0.2) is 9.78 Å². The second-order valence-electron chi connectivity index (χ2n) is 6.05. The molecule has 2 amide bonds. The fraction of sp³-hybridized carbons (Fsp3) is 0.100. The molecule has 0 spiro atoms. The predicted molar refractivity (Wildman–Crippen MR) is 105 cm³/mol. The second-order valence-corrected chi connectivity index (χ2v) is 6.45. The van der Waals surface area contributed by atoms with Crippen LogP contribution in [0.5, 0.6) is 11.6 Å². The Bertz CT molecular complexity index is 1040. The number of pyridine rings is 1. The molecule has 3 rings (SSSR count). The Hall–Kier alpha value is -3.26. The van der Waals surface area contributed by atoms with Crippen LogP contribution in [0.25, 0.3) is 0 Å². The summed E-state index contributed by atoms with van der Waals surface area (Å²) in [5.74, 6) is -0.125. The molecular weight excluding hydrogens is 407 g/mol. The number of nitrogens with one attached hydrogen (secondary N) is 2. The predicted octanol–water partition coefficient (Wildman–Crippen LogP) is 6.50. The summed E-state index contributed by atoms with van der Waals surface area (Å²) in [7, 11) is 0. The fourth-order valence-electron chi connectivity index (χ4n) is 2.41. The van der Waals surface area contributed by atoms with Gasteiger partial charge in [-0.1, -0.05) is 23.7 Å². The zero-order valence-corrected chi connectivity index (χ0v) is 15.8. The third kappa shape index (κ3) is 5.39. The van der Waals surface area contributed by atoms with Crippen LogP contribution in [0.15, 0.2) is 60.8 Å². The second kappa shape index (κ2) is 8.40. The van der Waals surface area contributed by atoms with Crippen LogP contribution in [0.3, 0.4) is 0 Å². The summed E-state index contributed by atoms with van der Waals surface area (Å²) in [5, 5.41) is 5.51. The van der Waals surface area contributed by atoms with Crippen molar-refractivity contribution in [2.24, 2.45) is 0 Å². The van der Waals surface area contributed by atoms with E-state index in [0.717, 1.165) is 17.7 Å². The number of carbonyl (C=O) groups is 1. The summed E-state index contributed by atoms with van der Waals surface area (Å²) < 4.78 is 44.1. The van der Waals surface area contributed by atoms with Gasteiger partial charge >= 0.3 is 12.2 Å². The number of hydrogen-bond donors (Lipinski definition) is 2. The van der Waals surface area contributed by atoms with Gasteiger partial charge in [0.15, 0.2) is 0 Å². The van der Waals surface area contributed by atoms with Crippen LogP contribution in [-0.2, 0) is 6.18 Å². The Balaban J connectivity index is 1.76. The largest absolute Gasteiger partial charge is 0.437 e. The summed E-state index contributed by atoms with van der Waals surface area (Å²) in [5.41, 5.74) is 0.654. The molecule has 3 aromatic rings. The minimum absolute atomic E-state index is 0.0584. The molecule has 0 radical (unpaired) electrons. The molecule has 1 heterocycles. The third-order valence-electron chi connectivity index (χ3n) is 3.77. The van der Waals surface area contributed by atoms with Crippen molar-refractivity contribution in [2.75, 3.05) is 10.6 Å². The Kier molecular flexibility index (Phi) is 5.93. The molecule has 29 heavy (non-hydrogen) atoms. The smallest absolute Gasteiger partial charge is 0.416 e. The number of ether oxygens (including phenoxy) is 1. The van der Waals surface area contributed by atoms with Crippen LogP contribution in [0.2, 0.25) is 5.02 Å². The summed E-state index contributed by atoms with van der Waals surface area (Å²) in [6.07, 6.45) is -3.11. The lowest BCUT2D eigenvalue weighted by Crippen LogP contribution is -2.20. The van der Waals surface area contributed by atoms with Gasteiger partial charge in [0.25, 0.3) is 0 Å². The quantitative estimate of drug-likeness (QED) is 0.505. The van der Waals surface area contributed by atoms with Crippen molar-refractivity contribution >= 4 is 29.0 Å². The van der Waals surface area contributed by atoms with Crippen molar-refractivity contribution in [3.05, 3.63) is 76.9 Å². The summed E-state index contributed by atoms with van der Waals surface area (Å²) in [6.45, 7) is 1.86. The highest BCUT2D eigenvalue weighted by atomic mass is 35.5. The number of alkyl halides is 3. The summed E-state index contributed by atoms with van der Waals surface area (Å²) in [4.78, 5) is 16.3. The van der Waals surface area contributed by atoms with E-state index >= 15 is 0 Å². The molecule has 0 fully saturated rings. The van der Waals surface area contributed by atoms with E-state index in [1.807, 2.05) is 6.92 Å². The Labute approximate surface area is 169 Å². The van der Waals surface area contributed by atoms with Crippen LogP contribution in [-0.4, -0.2) is 11.0 Å². The van der Waals surface area contributed by atoms with Crippen molar-refractivity contribution < 1.29 is 22.7 Å². The molecule has 150 valence electrons. The van der Waals surface area contributed by atoms with Crippen molar-refractivity contribution in [1.82, 2.24) is 4.98 Å². The number of halogens is 4. The molecule has 0 saturated heterocycles. The maximum absolute atomic E-state index is 12.9. The van der Waals surface area contributed by atoms with Gasteiger partial charge in [-0.3, -0.25) is 0 Å². The average molecular weight is 422 g/mol. The topological polar surface area (TPSA) is 63.2 Å². The number of aromatic nitrogens is 1. The van der Waals surface area contributed by atoms with Gasteiger partial charge in [0, 0.05) is 6.20 Å². The van der Waals surface area contributed by atoms with Gasteiger partial charge in [0.05, 0.1) is 16.3 Å². The van der Waals surface area contributed by atoms with E-state index < -0.39 is 17.8 Å². The number of benzene rings is 2. The molecule has 9 heteroatoms. The van der Waals surface area contributed by atoms with Gasteiger partial charge in [-0.2, -0.15) is 13.2 Å². The summed E-state index contributed by atoms with van der Waals surface area (Å²) in [6, 6.07) is 11.9. The van der Waals surface area contributed by atoms with Gasteiger partial charge in [0.1, 0.15) is 11.4 Å². The molecule has 2 N–H and O–H groups in total. The first kappa shape index (κ1) is 20.5. The lowest BCUT2D eigenvalue weighted by molar-refractivity contribution is -0.137. The number of anilines is 2. The average Bonchev–Trinajstić information content (AvgIpc) is 2.65. The van der Waals surface area contributed by atoms with Gasteiger partial charge in [-0.05, 0) is 55.0 Å². The lowest BCUT2D eigenvalue weighted by atomic mass is 10.2. The molecule has 5 nitrogen and oxygen atoms in total. The number of nitrogens with zero attached hydrogens (tertiary/aromatic N) is 1. The van der Waals surface area contributed by atoms with Crippen LogP contribution >= 0.6 is 11.6 Å². The van der Waals surface area contributed by atoms with Crippen LogP contribution in [0.1, 0.15) is 11.1 Å². The Morgan fingerprint density at radius 2 is 1.79 bits per heavy atom. The van der Waals surface area contributed by atoms with E-state index in [9.17, 15) is 18.0 Å². The van der Waals surface area contributed by atoms with Gasteiger partial charge in [-0.15, -0.1) is 0 Å². The molecule has 0 atom stereocenters. The van der Waals surface area contributed by atoms with Gasteiger partial charge < -0.3 is 15.4 Å². The van der Waals surface area contributed by atoms with Crippen molar-refractivity contribution in [1.29, 1.82) is 0 Å². The van der Waals surface area contributed by atoms with Crippen molar-refractivity contribution in [3.63, 3.8) is 0 Å². The minimum atomic E-state index is -4.50.